The quantitative estimate of drug-likeness (QED) is 0.596. The number of pyridine rings is 1. The zero-order valence-electron chi connectivity index (χ0n) is 8.97. The van der Waals surface area contributed by atoms with Gasteiger partial charge in [0.25, 0.3) is 0 Å². The van der Waals surface area contributed by atoms with Crippen LogP contribution in [0.25, 0.3) is 11.0 Å². The zero-order valence-corrected chi connectivity index (χ0v) is 11.4. The van der Waals surface area contributed by atoms with Crippen molar-refractivity contribution in [2.24, 2.45) is 0 Å². The molecule has 0 aliphatic carbocycles. The van der Waals surface area contributed by atoms with E-state index in [-0.39, 0.29) is 0 Å². The second-order valence-electron chi connectivity index (χ2n) is 3.37. The molecule has 2 aromatic heterocycles. The van der Waals surface area contributed by atoms with Crippen molar-refractivity contribution in [2.75, 3.05) is 0 Å². The highest BCUT2D eigenvalue weighted by Crippen LogP contribution is 2.19. The number of hydrogen-bond acceptors (Lipinski definition) is 2. The van der Waals surface area contributed by atoms with Gasteiger partial charge in [0.2, 0.25) is 0 Å². The lowest BCUT2D eigenvalue weighted by Gasteiger charge is -1.89. The number of H-pyrrole nitrogens is 1. The molecule has 0 radical (unpaired) electrons. The normalized spacial score (nSPS) is 9.76. The average Bonchev–Trinajstić information content (AvgIpc) is 2.80. The molecular weight excluding hydrogens is 296 g/mol. The number of aromatic nitrogens is 2. The molecule has 0 fully saturated rings. The van der Waals surface area contributed by atoms with E-state index in [1.807, 2.05) is 48.7 Å². The molecule has 0 aliphatic rings. The van der Waals surface area contributed by atoms with E-state index in [0.29, 0.717) is 0 Å². The average molecular weight is 307 g/mol. The predicted molar refractivity (Wildman–Crippen MR) is 77.5 cm³/mol. The minimum atomic E-state index is 0.925. The molecule has 3 rings (SSSR count). The molecular formula is C13H11BrN2S. The summed E-state index contributed by atoms with van der Waals surface area (Å²) in [6, 6.07) is 13.7. The van der Waals surface area contributed by atoms with Gasteiger partial charge >= 0.3 is 0 Å². The first kappa shape index (κ1) is 12.2. The molecule has 3 aromatic rings. The largest absolute Gasteiger partial charge is 0.346 e. The highest BCUT2D eigenvalue weighted by molar-refractivity contribution is 9.10. The van der Waals surface area contributed by atoms with Crippen LogP contribution in [0, 0.1) is 0 Å². The highest BCUT2D eigenvalue weighted by atomic mass is 79.9. The molecule has 0 bridgehead atoms. The zero-order chi connectivity index (χ0) is 12.1. The van der Waals surface area contributed by atoms with Gasteiger partial charge < -0.3 is 4.98 Å². The van der Waals surface area contributed by atoms with Crippen LogP contribution in [0.2, 0.25) is 0 Å². The van der Waals surface area contributed by atoms with Gasteiger partial charge in [-0.15, -0.1) is 12.6 Å². The number of fused-ring (bicyclic) bond motifs is 1. The molecule has 1 aromatic carbocycles. The van der Waals surface area contributed by atoms with Gasteiger partial charge in [0.05, 0.1) is 0 Å². The Morgan fingerprint density at radius 2 is 1.82 bits per heavy atom. The van der Waals surface area contributed by atoms with Gasteiger partial charge in [0, 0.05) is 27.1 Å². The Bertz CT molecular complexity index is 592. The van der Waals surface area contributed by atoms with Crippen molar-refractivity contribution < 1.29 is 0 Å². The van der Waals surface area contributed by atoms with Crippen LogP contribution >= 0.6 is 28.6 Å². The fraction of sp³-hybridized carbons (Fsp3) is 0. The van der Waals surface area contributed by atoms with Gasteiger partial charge in [-0.05, 0) is 40.2 Å². The smallest absolute Gasteiger partial charge is 0.138 e. The second kappa shape index (κ2) is 5.89. The van der Waals surface area contributed by atoms with E-state index < -0.39 is 0 Å². The molecule has 0 saturated carbocycles. The number of thiol groups is 1. The van der Waals surface area contributed by atoms with Crippen molar-refractivity contribution in [3.63, 3.8) is 0 Å². The molecule has 2 heterocycles. The van der Waals surface area contributed by atoms with E-state index in [9.17, 15) is 0 Å². The Hall–Kier alpha value is -1.26. The predicted octanol–water partition coefficient (Wildman–Crippen LogP) is 4.30. The van der Waals surface area contributed by atoms with Crippen LogP contribution in [0.3, 0.4) is 0 Å². The number of hydrogen-bond donors (Lipinski definition) is 2. The van der Waals surface area contributed by atoms with Gasteiger partial charge in [-0.3, -0.25) is 0 Å². The lowest BCUT2D eigenvalue weighted by atomic mass is 10.3. The Balaban J connectivity index is 0.000000136. The molecule has 1 N–H and O–H groups in total. The van der Waals surface area contributed by atoms with Gasteiger partial charge in [-0.1, -0.05) is 18.2 Å². The molecule has 2 nitrogen and oxygen atoms in total. The Labute approximate surface area is 114 Å². The Morgan fingerprint density at radius 1 is 1.06 bits per heavy atom. The van der Waals surface area contributed by atoms with Crippen molar-refractivity contribution in [2.45, 2.75) is 4.90 Å². The van der Waals surface area contributed by atoms with Gasteiger partial charge in [0.1, 0.15) is 5.65 Å². The molecule has 0 spiro atoms. The van der Waals surface area contributed by atoms with E-state index in [1.54, 1.807) is 6.20 Å². The fourth-order valence-corrected chi connectivity index (χ4v) is 1.97. The van der Waals surface area contributed by atoms with Crippen LogP contribution in [0.4, 0.5) is 0 Å². The number of benzene rings is 1. The number of aromatic amines is 1. The van der Waals surface area contributed by atoms with Crippen molar-refractivity contribution >= 4 is 39.6 Å². The first-order valence-corrected chi connectivity index (χ1v) is 6.33. The minimum Gasteiger partial charge on any atom is -0.346 e. The number of nitrogens with one attached hydrogen (secondary N) is 1. The van der Waals surface area contributed by atoms with E-state index in [1.165, 1.54) is 0 Å². The van der Waals surface area contributed by atoms with Crippen LogP contribution in [-0.4, -0.2) is 9.97 Å². The van der Waals surface area contributed by atoms with Gasteiger partial charge in [-0.25, -0.2) is 4.98 Å². The fourth-order valence-electron chi connectivity index (χ4n) is 1.36. The summed E-state index contributed by atoms with van der Waals surface area (Å²) in [5.74, 6) is 0. The first-order chi connectivity index (χ1) is 8.27. The van der Waals surface area contributed by atoms with Gasteiger partial charge in [0.15, 0.2) is 0 Å². The van der Waals surface area contributed by atoms with Crippen molar-refractivity contribution in [3.05, 3.63) is 59.3 Å². The Kier molecular flexibility index (Phi) is 4.23. The molecule has 86 valence electrons. The van der Waals surface area contributed by atoms with Crippen LogP contribution in [0.1, 0.15) is 0 Å². The van der Waals surface area contributed by atoms with E-state index in [0.717, 1.165) is 20.4 Å². The third-order valence-electron chi connectivity index (χ3n) is 2.16. The third kappa shape index (κ3) is 3.35. The first-order valence-electron chi connectivity index (χ1n) is 5.09. The summed E-state index contributed by atoms with van der Waals surface area (Å²) in [6.07, 6.45) is 3.64. The van der Waals surface area contributed by atoms with Crippen molar-refractivity contribution in [3.8, 4) is 0 Å². The van der Waals surface area contributed by atoms with E-state index in [2.05, 4.69) is 38.5 Å². The summed E-state index contributed by atoms with van der Waals surface area (Å²) >= 11 is 7.50. The lowest BCUT2D eigenvalue weighted by Crippen LogP contribution is -1.73. The topological polar surface area (TPSA) is 28.7 Å². The molecule has 0 atom stereocenters. The molecule has 0 unspecified atom stereocenters. The number of halogens is 1. The number of rotatable bonds is 0. The standard InChI is InChI=1S/C7H5BrN2.C6H6S/c8-6-2-4-10-7-5(6)1-3-9-7;7-6-4-2-1-3-5-6/h1-4H,(H,9,10);1-5,7H. The highest BCUT2D eigenvalue weighted by Gasteiger charge is 1.96. The Morgan fingerprint density at radius 3 is 2.41 bits per heavy atom. The molecule has 0 saturated heterocycles. The third-order valence-corrected chi connectivity index (χ3v) is 3.15. The lowest BCUT2D eigenvalue weighted by molar-refractivity contribution is 1.32. The molecule has 0 aliphatic heterocycles. The summed E-state index contributed by atoms with van der Waals surface area (Å²) in [5, 5.41) is 1.13. The van der Waals surface area contributed by atoms with Crippen LogP contribution in [0.5, 0.6) is 0 Å². The summed E-state index contributed by atoms with van der Waals surface area (Å²) in [4.78, 5) is 8.15. The van der Waals surface area contributed by atoms with Crippen molar-refractivity contribution in [1.82, 2.24) is 9.97 Å². The SMILES string of the molecule is Brc1ccnc2[nH]ccc12.Sc1ccccc1. The van der Waals surface area contributed by atoms with E-state index in [4.69, 9.17) is 0 Å². The second-order valence-corrected chi connectivity index (χ2v) is 4.74. The van der Waals surface area contributed by atoms with Crippen LogP contribution in [-0.2, 0) is 0 Å². The van der Waals surface area contributed by atoms with Crippen LogP contribution in [0.15, 0.2) is 64.2 Å². The van der Waals surface area contributed by atoms with E-state index >= 15 is 0 Å². The van der Waals surface area contributed by atoms with Crippen LogP contribution < -0.4 is 0 Å². The summed E-state index contributed by atoms with van der Waals surface area (Å²) in [7, 11) is 0. The number of nitrogens with zero attached hydrogens (tertiary/aromatic N) is 1. The molecule has 17 heavy (non-hydrogen) atoms. The van der Waals surface area contributed by atoms with Gasteiger partial charge in [-0.2, -0.15) is 0 Å². The minimum absolute atomic E-state index is 0.925. The maximum absolute atomic E-state index is 4.12. The summed E-state index contributed by atoms with van der Waals surface area (Å²) in [6.45, 7) is 0. The van der Waals surface area contributed by atoms with Crippen molar-refractivity contribution in [1.29, 1.82) is 0 Å². The maximum atomic E-state index is 4.12. The summed E-state index contributed by atoms with van der Waals surface area (Å²) < 4.78 is 1.08. The summed E-state index contributed by atoms with van der Waals surface area (Å²) in [5.41, 5.74) is 0.925. The molecule has 0 amide bonds. The maximum Gasteiger partial charge on any atom is 0.138 e. The monoisotopic (exact) mass is 306 g/mol. The molecule has 4 heteroatoms.